The molecule has 0 saturated heterocycles. The molecule has 0 aromatic heterocycles. The molecule has 0 heterocycles. The van der Waals surface area contributed by atoms with Crippen LogP contribution in [0, 0.1) is 0 Å². The van der Waals surface area contributed by atoms with E-state index in [1.54, 1.807) is 12.1 Å². The van der Waals surface area contributed by atoms with Crippen molar-refractivity contribution in [1.82, 2.24) is 0 Å². The highest BCUT2D eigenvalue weighted by atomic mass is 35.5. The number of carbonyl (C=O) groups excluding carboxylic acids is 1. The van der Waals surface area contributed by atoms with Crippen LogP contribution in [0.15, 0.2) is 42.5 Å². The van der Waals surface area contributed by atoms with E-state index >= 15 is 0 Å². The summed E-state index contributed by atoms with van der Waals surface area (Å²) in [6.45, 7) is 0.525. The number of benzene rings is 2. The molecule has 0 spiro atoms. The molecule has 0 fully saturated rings. The zero-order valence-corrected chi connectivity index (χ0v) is 12.4. The van der Waals surface area contributed by atoms with E-state index in [4.69, 9.17) is 28.9 Å². The van der Waals surface area contributed by atoms with Gasteiger partial charge < -0.3 is 5.73 Å². The summed E-state index contributed by atoms with van der Waals surface area (Å²) in [5.41, 5.74) is 8.14. The SMILES string of the molecule is NCCc1ccccc1C(=O)Cc1ccc(Cl)c(Cl)c1. The molecular formula is C16H15Cl2NO. The minimum atomic E-state index is 0.0624. The number of halogens is 2. The van der Waals surface area contributed by atoms with Gasteiger partial charge in [0.15, 0.2) is 5.78 Å². The molecule has 2 aromatic rings. The van der Waals surface area contributed by atoms with Gasteiger partial charge in [0, 0.05) is 12.0 Å². The predicted molar refractivity (Wildman–Crippen MR) is 83.7 cm³/mol. The van der Waals surface area contributed by atoms with E-state index in [9.17, 15) is 4.79 Å². The standard InChI is InChI=1S/C16H15Cl2NO/c17-14-6-5-11(9-15(14)18)10-16(20)13-4-2-1-3-12(13)7-8-19/h1-6,9H,7-8,10,19H2. The monoisotopic (exact) mass is 307 g/mol. The molecule has 20 heavy (non-hydrogen) atoms. The van der Waals surface area contributed by atoms with Gasteiger partial charge in [-0.05, 0) is 36.2 Å². The maximum atomic E-state index is 12.4. The van der Waals surface area contributed by atoms with E-state index in [1.165, 1.54) is 0 Å². The normalized spacial score (nSPS) is 10.6. The van der Waals surface area contributed by atoms with E-state index in [0.29, 0.717) is 29.4 Å². The van der Waals surface area contributed by atoms with Crippen molar-refractivity contribution in [2.75, 3.05) is 6.54 Å². The molecule has 0 aliphatic heterocycles. The summed E-state index contributed by atoms with van der Waals surface area (Å²) >= 11 is 11.8. The number of ketones is 1. The predicted octanol–water partition coefficient (Wildman–Crippen LogP) is 3.92. The molecule has 0 radical (unpaired) electrons. The maximum Gasteiger partial charge on any atom is 0.167 e. The summed E-state index contributed by atoms with van der Waals surface area (Å²) in [6, 6.07) is 12.8. The molecule has 0 bridgehead atoms. The Kier molecular flexibility index (Phi) is 5.18. The Bertz CT molecular complexity index is 626. The molecular weight excluding hydrogens is 293 g/mol. The average Bonchev–Trinajstić information content (AvgIpc) is 2.44. The van der Waals surface area contributed by atoms with Gasteiger partial charge in [-0.3, -0.25) is 4.79 Å². The Morgan fingerprint density at radius 2 is 1.80 bits per heavy atom. The number of nitrogens with two attached hydrogens (primary N) is 1. The van der Waals surface area contributed by atoms with E-state index in [1.807, 2.05) is 30.3 Å². The van der Waals surface area contributed by atoms with Crippen molar-refractivity contribution < 1.29 is 4.79 Å². The van der Waals surface area contributed by atoms with Crippen LogP contribution in [0.25, 0.3) is 0 Å². The Balaban J connectivity index is 2.21. The van der Waals surface area contributed by atoms with Crippen LogP contribution in [0.1, 0.15) is 21.5 Å². The van der Waals surface area contributed by atoms with Crippen molar-refractivity contribution in [3.63, 3.8) is 0 Å². The molecule has 2 N–H and O–H groups in total. The number of rotatable bonds is 5. The first-order valence-corrected chi connectivity index (χ1v) is 7.12. The third-order valence-electron chi connectivity index (χ3n) is 3.08. The molecule has 0 amide bonds. The average molecular weight is 308 g/mol. The number of hydrogen-bond acceptors (Lipinski definition) is 2. The lowest BCUT2D eigenvalue weighted by molar-refractivity contribution is 0.0992. The first-order chi connectivity index (χ1) is 9.61. The summed E-state index contributed by atoms with van der Waals surface area (Å²) < 4.78 is 0. The van der Waals surface area contributed by atoms with E-state index in [2.05, 4.69) is 0 Å². The molecule has 0 saturated carbocycles. The second kappa shape index (κ2) is 6.89. The lowest BCUT2D eigenvalue weighted by Gasteiger charge is -2.08. The Labute approximate surface area is 128 Å². The first-order valence-electron chi connectivity index (χ1n) is 6.37. The van der Waals surface area contributed by atoms with Gasteiger partial charge in [0.25, 0.3) is 0 Å². The molecule has 0 aliphatic carbocycles. The summed E-state index contributed by atoms with van der Waals surface area (Å²) in [5.74, 6) is 0.0624. The summed E-state index contributed by atoms with van der Waals surface area (Å²) in [7, 11) is 0. The van der Waals surface area contributed by atoms with Crippen molar-refractivity contribution in [3.8, 4) is 0 Å². The highest BCUT2D eigenvalue weighted by Gasteiger charge is 2.12. The fourth-order valence-electron chi connectivity index (χ4n) is 2.10. The van der Waals surface area contributed by atoms with E-state index in [0.717, 1.165) is 16.7 Å². The van der Waals surface area contributed by atoms with Crippen LogP contribution in [0.4, 0.5) is 0 Å². The zero-order valence-electron chi connectivity index (χ0n) is 10.9. The van der Waals surface area contributed by atoms with Crippen LogP contribution in [-0.2, 0) is 12.8 Å². The van der Waals surface area contributed by atoms with Crippen molar-refractivity contribution in [1.29, 1.82) is 0 Å². The van der Waals surface area contributed by atoms with Crippen LogP contribution in [0.3, 0.4) is 0 Å². The van der Waals surface area contributed by atoms with E-state index in [-0.39, 0.29) is 5.78 Å². The largest absolute Gasteiger partial charge is 0.330 e. The molecule has 0 unspecified atom stereocenters. The molecule has 2 aromatic carbocycles. The highest BCUT2D eigenvalue weighted by Crippen LogP contribution is 2.23. The van der Waals surface area contributed by atoms with Crippen molar-refractivity contribution in [3.05, 3.63) is 69.2 Å². The molecule has 104 valence electrons. The smallest absolute Gasteiger partial charge is 0.167 e. The fourth-order valence-corrected chi connectivity index (χ4v) is 2.42. The third-order valence-corrected chi connectivity index (χ3v) is 3.82. The first kappa shape index (κ1) is 15.0. The molecule has 4 heteroatoms. The quantitative estimate of drug-likeness (QED) is 0.851. The molecule has 2 rings (SSSR count). The van der Waals surface area contributed by atoms with Crippen molar-refractivity contribution in [2.45, 2.75) is 12.8 Å². The van der Waals surface area contributed by atoms with Gasteiger partial charge in [-0.15, -0.1) is 0 Å². The number of Topliss-reactive ketones (excluding diaryl/α,β-unsaturated/α-hetero) is 1. The van der Waals surface area contributed by atoms with Crippen molar-refractivity contribution in [2.24, 2.45) is 5.73 Å². The lowest BCUT2D eigenvalue weighted by Crippen LogP contribution is -2.10. The zero-order chi connectivity index (χ0) is 14.5. The van der Waals surface area contributed by atoms with Crippen LogP contribution in [0.2, 0.25) is 10.0 Å². The second-order valence-corrected chi connectivity index (χ2v) is 5.36. The Morgan fingerprint density at radius 3 is 2.50 bits per heavy atom. The summed E-state index contributed by atoms with van der Waals surface area (Å²) in [4.78, 5) is 12.4. The maximum absolute atomic E-state index is 12.4. The molecule has 2 nitrogen and oxygen atoms in total. The Hall–Kier alpha value is -1.35. The van der Waals surface area contributed by atoms with Gasteiger partial charge in [-0.25, -0.2) is 0 Å². The van der Waals surface area contributed by atoms with Gasteiger partial charge in [-0.1, -0.05) is 53.5 Å². The number of carbonyl (C=O) groups is 1. The second-order valence-electron chi connectivity index (χ2n) is 4.54. The van der Waals surface area contributed by atoms with Gasteiger partial charge in [0.05, 0.1) is 10.0 Å². The van der Waals surface area contributed by atoms with E-state index < -0.39 is 0 Å². The van der Waals surface area contributed by atoms with Crippen LogP contribution in [-0.4, -0.2) is 12.3 Å². The van der Waals surface area contributed by atoms with Gasteiger partial charge in [0.2, 0.25) is 0 Å². The Morgan fingerprint density at radius 1 is 1.05 bits per heavy atom. The van der Waals surface area contributed by atoms with Crippen LogP contribution in [0.5, 0.6) is 0 Å². The topological polar surface area (TPSA) is 43.1 Å². The van der Waals surface area contributed by atoms with Gasteiger partial charge >= 0.3 is 0 Å². The third kappa shape index (κ3) is 3.60. The fraction of sp³-hybridized carbons (Fsp3) is 0.188. The minimum Gasteiger partial charge on any atom is -0.330 e. The van der Waals surface area contributed by atoms with Gasteiger partial charge in [0.1, 0.15) is 0 Å². The lowest BCUT2D eigenvalue weighted by atomic mass is 9.97. The van der Waals surface area contributed by atoms with Gasteiger partial charge in [-0.2, -0.15) is 0 Å². The summed E-state index contributed by atoms with van der Waals surface area (Å²) in [6.07, 6.45) is 1.00. The van der Waals surface area contributed by atoms with Crippen molar-refractivity contribution >= 4 is 29.0 Å². The van der Waals surface area contributed by atoms with Crippen LogP contribution >= 0.6 is 23.2 Å². The number of hydrogen-bond donors (Lipinski definition) is 1. The molecule has 0 atom stereocenters. The highest BCUT2D eigenvalue weighted by molar-refractivity contribution is 6.42. The minimum absolute atomic E-state index is 0.0624. The van der Waals surface area contributed by atoms with Crippen LogP contribution < -0.4 is 5.73 Å². The molecule has 0 aliphatic rings. The summed E-state index contributed by atoms with van der Waals surface area (Å²) in [5, 5.41) is 0.957.